The monoisotopic (exact) mass is 206 g/mol. The predicted octanol–water partition coefficient (Wildman–Crippen LogP) is 1.27. The lowest BCUT2D eigenvalue weighted by Gasteiger charge is -1.94. The van der Waals surface area contributed by atoms with E-state index in [1.54, 1.807) is 18.2 Å². The lowest BCUT2D eigenvalue weighted by Crippen LogP contribution is -2.06. The summed E-state index contributed by atoms with van der Waals surface area (Å²) >= 11 is 0. The summed E-state index contributed by atoms with van der Waals surface area (Å²) in [6, 6.07) is 6.56. The van der Waals surface area contributed by atoms with Crippen molar-refractivity contribution in [2.75, 3.05) is 0 Å². The van der Waals surface area contributed by atoms with Crippen LogP contribution in [-0.2, 0) is 4.79 Å². The molecule has 0 aliphatic carbocycles. The van der Waals surface area contributed by atoms with Crippen LogP contribution in [0.5, 0.6) is 5.75 Å². The number of hydrogen-bond donors (Lipinski definition) is 2. The third-order valence-corrected chi connectivity index (χ3v) is 1.65. The van der Waals surface area contributed by atoms with Gasteiger partial charge in [0.2, 0.25) is 0 Å². The van der Waals surface area contributed by atoms with Crippen LogP contribution in [0.15, 0.2) is 34.5 Å². The van der Waals surface area contributed by atoms with Crippen LogP contribution in [0.25, 0.3) is 0 Å². The normalized spacial score (nSPS) is 11.9. The molecule has 0 aliphatic heterocycles. The fourth-order valence-electron chi connectivity index (χ4n) is 0.817. The number of carboxylic acids is 1. The second kappa shape index (κ2) is 4.90. The molecule has 0 saturated heterocycles. The van der Waals surface area contributed by atoms with Crippen molar-refractivity contribution in [3.05, 3.63) is 29.8 Å². The number of hydrogen-bond acceptors (Lipinski definition) is 4. The van der Waals surface area contributed by atoms with E-state index in [0.29, 0.717) is 5.56 Å². The molecular weight excluding hydrogens is 196 g/mol. The average molecular weight is 206 g/mol. The van der Waals surface area contributed by atoms with E-state index in [4.69, 9.17) is 5.11 Å². The Morgan fingerprint density at radius 3 is 2.67 bits per heavy atom. The minimum atomic E-state index is -1.12. The molecular formula is C10H10N2O3. The summed E-state index contributed by atoms with van der Waals surface area (Å²) in [6.45, 7) is 1.34. The topological polar surface area (TPSA) is 82.2 Å². The number of phenolic OH excluding ortho intramolecular Hbond substituents is 1. The molecule has 0 atom stereocenters. The molecule has 0 saturated carbocycles. The lowest BCUT2D eigenvalue weighted by atomic mass is 10.2. The van der Waals surface area contributed by atoms with Crippen molar-refractivity contribution < 1.29 is 15.0 Å². The van der Waals surface area contributed by atoms with Crippen molar-refractivity contribution in [2.45, 2.75) is 6.92 Å². The number of phenols is 1. The van der Waals surface area contributed by atoms with E-state index >= 15 is 0 Å². The molecule has 0 aromatic heterocycles. The Labute approximate surface area is 86.4 Å². The average Bonchev–Trinajstić information content (AvgIpc) is 2.20. The quantitative estimate of drug-likeness (QED) is 0.577. The van der Waals surface area contributed by atoms with Gasteiger partial charge >= 0.3 is 5.97 Å². The first kappa shape index (κ1) is 10.9. The first-order chi connectivity index (χ1) is 7.11. The fraction of sp³-hybridized carbons (Fsp3) is 0.100. The van der Waals surface area contributed by atoms with E-state index in [1.165, 1.54) is 19.2 Å². The lowest BCUT2D eigenvalue weighted by molar-refractivity contribution is -0.129. The Balaban J connectivity index is 2.79. The van der Waals surface area contributed by atoms with Crippen LogP contribution < -0.4 is 0 Å². The maximum atomic E-state index is 10.4. The van der Waals surface area contributed by atoms with Gasteiger partial charge in [0.15, 0.2) is 0 Å². The largest absolute Gasteiger partial charge is 0.507 e. The molecule has 78 valence electrons. The third-order valence-electron chi connectivity index (χ3n) is 1.65. The highest BCUT2D eigenvalue weighted by Crippen LogP contribution is 2.12. The Morgan fingerprint density at radius 1 is 1.40 bits per heavy atom. The summed E-state index contributed by atoms with van der Waals surface area (Å²) in [5.41, 5.74) is 0.376. The van der Waals surface area contributed by atoms with Crippen molar-refractivity contribution in [2.24, 2.45) is 10.2 Å². The SMILES string of the molecule is CC(=N/N=C/c1ccccc1O)C(=O)O. The van der Waals surface area contributed by atoms with Gasteiger partial charge in [-0.1, -0.05) is 12.1 Å². The highest BCUT2D eigenvalue weighted by molar-refractivity contribution is 6.34. The molecule has 0 radical (unpaired) electrons. The van der Waals surface area contributed by atoms with E-state index in [1.807, 2.05) is 0 Å². The number of rotatable bonds is 3. The first-order valence-electron chi connectivity index (χ1n) is 4.20. The highest BCUT2D eigenvalue weighted by atomic mass is 16.4. The molecule has 1 aromatic carbocycles. The van der Waals surface area contributed by atoms with Gasteiger partial charge in [-0.3, -0.25) is 0 Å². The van der Waals surface area contributed by atoms with Gasteiger partial charge in [-0.05, 0) is 19.1 Å². The summed E-state index contributed by atoms with van der Waals surface area (Å²) in [4.78, 5) is 10.4. The number of para-hydroxylation sites is 1. The van der Waals surface area contributed by atoms with Crippen molar-refractivity contribution in [1.82, 2.24) is 0 Å². The summed E-state index contributed by atoms with van der Waals surface area (Å²) in [7, 11) is 0. The summed E-state index contributed by atoms with van der Waals surface area (Å²) in [6.07, 6.45) is 1.29. The molecule has 0 heterocycles. The zero-order valence-corrected chi connectivity index (χ0v) is 8.08. The maximum absolute atomic E-state index is 10.4. The van der Waals surface area contributed by atoms with Gasteiger partial charge in [-0.15, -0.1) is 5.10 Å². The van der Waals surface area contributed by atoms with Gasteiger partial charge in [0, 0.05) is 5.56 Å². The smallest absolute Gasteiger partial charge is 0.351 e. The van der Waals surface area contributed by atoms with Gasteiger partial charge in [0.1, 0.15) is 11.5 Å². The van der Waals surface area contributed by atoms with Crippen molar-refractivity contribution in [3.8, 4) is 5.75 Å². The number of carboxylic acid groups (broad SMARTS) is 1. The van der Waals surface area contributed by atoms with Crippen LogP contribution in [0.1, 0.15) is 12.5 Å². The van der Waals surface area contributed by atoms with Crippen LogP contribution >= 0.6 is 0 Å². The van der Waals surface area contributed by atoms with Crippen molar-refractivity contribution >= 4 is 17.9 Å². The van der Waals surface area contributed by atoms with Gasteiger partial charge in [0.25, 0.3) is 0 Å². The summed E-state index contributed by atoms with van der Waals surface area (Å²) in [5, 5.41) is 24.8. The minimum absolute atomic E-state index is 0.0735. The molecule has 5 heteroatoms. The molecule has 5 nitrogen and oxygen atoms in total. The fourth-order valence-corrected chi connectivity index (χ4v) is 0.817. The van der Waals surface area contributed by atoms with E-state index in [-0.39, 0.29) is 11.5 Å². The Kier molecular flexibility index (Phi) is 3.56. The van der Waals surface area contributed by atoms with Crippen LogP contribution in [-0.4, -0.2) is 28.1 Å². The van der Waals surface area contributed by atoms with Gasteiger partial charge in [0.05, 0.1) is 6.21 Å². The molecule has 0 unspecified atom stereocenters. The second-order valence-corrected chi connectivity index (χ2v) is 2.79. The van der Waals surface area contributed by atoms with Crippen molar-refractivity contribution in [1.29, 1.82) is 0 Å². The molecule has 0 fully saturated rings. The Bertz CT molecular complexity index is 424. The zero-order chi connectivity index (χ0) is 11.3. The molecule has 2 N–H and O–H groups in total. The minimum Gasteiger partial charge on any atom is -0.507 e. The van der Waals surface area contributed by atoms with Crippen LogP contribution in [0.2, 0.25) is 0 Å². The summed E-state index contributed by atoms with van der Waals surface area (Å²) < 4.78 is 0. The molecule has 0 amide bonds. The highest BCUT2D eigenvalue weighted by Gasteiger charge is 1.99. The van der Waals surface area contributed by atoms with E-state index < -0.39 is 5.97 Å². The van der Waals surface area contributed by atoms with Crippen molar-refractivity contribution in [3.63, 3.8) is 0 Å². The molecule has 0 bridgehead atoms. The van der Waals surface area contributed by atoms with Crippen LogP contribution in [0.3, 0.4) is 0 Å². The number of aromatic hydroxyl groups is 1. The van der Waals surface area contributed by atoms with E-state index in [9.17, 15) is 9.90 Å². The Morgan fingerprint density at radius 2 is 2.07 bits per heavy atom. The van der Waals surface area contributed by atoms with Gasteiger partial charge < -0.3 is 10.2 Å². The molecule has 15 heavy (non-hydrogen) atoms. The molecule has 1 rings (SSSR count). The number of aliphatic carboxylic acids is 1. The van der Waals surface area contributed by atoms with E-state index in [2.05, 4.69) is 10.2 Å². The molecule has 0 aliphatic rings. The van der Waals surface area contributed by atoms with Gasteiger partial charge in [-0.2, -0.15) is 5.10 Å². The predicted molar refractivity (Wildman–Crippen MR) is 56.4 cm³/mol. The van der Waals surface area contributed by atoms with Crippen LogP contribution in [0.4, 0.5) is 0 Å². The first-order valence-corrected chi connectivity index (χ1v) is 4.20. The summed E-state index contributed by atoms with van der Waals surface area (Å²) in [5.74, 6) is -1.05. The molecule has 1 aromatic rings. The van der Waals surface area contributed by atoms with Crippen LogP contribution in [0, 0.1) is 0 Å². The zero-order valence-electron chi connectivity index (χ0n) is 8.08. The maximum Gasteiger partial charge on any atom is 0.351 e. The Hall–Kier alpha value is -2.17. The number of carbonyl (C=O) groups is 1. The standard InChI is InChI=1S/C10H10N2O3/c1-7(10(14)15)12-11-6-8-4-2-3-5-9(8)13/h2-6,13H,1H3,(H,14,15)/b11-6+,12-7?. The molecule has 0 spiro atoms. The number of nitrogens with zero attached hydrogens (tertiary/aromatic N) is 2. The van der Waals surface area contributed by atoms with E-state index in [0.717, 1.165) is 0 Å². The second-order valence-electron chi connectivity index (χ2n) is 2.79. The van der Waals surface area contributed by atoms with Gasteiger partial charge in [-0.25, -0.2) is 4.79 Å². The third kappa shape index (κ3) is 3.22. The number of benzene rings is 1.